The molecule has 9 nitrogen and oxygen atoms in total. The molecule has 7 rings (SSSR count). The number of urea groups is 1. The lowest BCUT2D eigenvalue weighted by Gasteiger charge is -2.34. The minimum absolute atomic E-state index is 0.0536. The van der Waals surface area contributed by atoms with Crippen molar-refractivity contribution in [3.05, 3.63) is 92.1 Å². The zero-order valence-corrected chi connectivity index (χ0v) is 39.4. The van der Waals surface area contributed by atoms with Crippen molar-refractivity contribution in [3.63, 3.8) is 0 Å². The number of nitrogens with zero attached hydrogens (tertiary/aromatic N) is 3. The van der Waals surface area contributed by atoms with E-state index in [1.165, 1.54) is 49.8 Å². The SMILES string of the molecule is O=C1CCc2ccccc2C=C1C1CCN(C(=O)N[C@H](Cc2cc(Br)c(O)c(Br)c2)C(=O)CCC[C@@H](CC2CCCCCC2)C(=O)CC2CCCN(c3ccncc3)CC2)CC1. The van der Waals surface area contributed by atoms with Crippen molar-refractivity contribution in [2.24, 2.45) is 23.7 Å². The maximum absolute atomic E-state index is 14.3. The van der Waals surface area contributed by atoms with Crippen molar-refractivity contribution in [1.82, 2.24) is 15.2 Å². The maximum Gasteiger partial charge on any atom is 0.317 e. The number of carbonyl (C=O) groups excluding carboxylic acids is 4. The first-order chi connectivity index (χ1) is 30.1. The molecule has 3 aromatic rings. The van der Waals surface area contributed by atoms with Gasteiger partial charge in [0.1, 0.15) is 11.5 Å². The number of allylic oxidation sites excluding steroid dienone is 1. The molecule has 2 N–H and O–H groups in total. The number of rotatable bonds is 15. The molecule has 0 bridgehead atoms. The van der Waals surface area contributed by atoms with Crippen LogP contribution in [0, 0.1) is 23.7 Å². The van der Waals surface area contributed by atoms with Gasteiger partial charge in [-0.3, -0.25) is 19.4 Å². The van der Waals surface area contributed by atoms with E-state index >= 15 is 0 Å². The van der Waals surface area contributed by atoms with Gasteiger partial charge in [0.05, 0.1) is 15.0 Å². The van der Waals surface area contributed by atoms with E-state index in [0.29, 0.717) is 78.2 Å². The molecule has 1 unspecified atom stereocenters. The monoisotopic (exact) mass is 970 g/mol. The van der Waals surface area contributed by atoms with Crippen molar-refractivity contribution < 1.29 is 24.3 Å². The summed E-state index contributed by atoms with van der Waals surface area (Å²) in [5.41, 5.74) is 5.16. The average Bonchev–Trinajstić information content (AvgIpc) is 3.76. The fourth-order valence-electron chi connectivity index (χ4n) is 10.5. The Morgan fingerprint density at radius 3 is 2.26 bits per heavy atom. The Balaban J connectivity index is 0.989. The molecule has 2 aromatic carbocycles. The number of piperidine rings is 1. The van der Waals surface area contributed by atoms with Gasteiger partial charge in [-0.15, -0.1) is 0 Å². The summed E-state index contributed by atoms with van der Waals surface area (Å²) in [6.07, 6.45) is 22.1. The van der Waals surface area contributed by atoms with Gasteiger partial charge < -0.3 is 20.2 Å². The molecule has 2 aliphatic heterocycles. The number of amides is 2. The number of Topliss-reactive ketones (excluding diaryl/α,β-unsaturated/α-hetero) is 3. The third kappa shape index (κ3) is 12.7. The van der Waals surface area contributed by atoms with E-state index in [9.17, 15) is 24.3 Å². The predicted octanol–water partition coefficient (Wildman–Crippen LogP) is 11.2. The number of halogens is 2. The van der Waals surface area contributed by atoms with Crippen LogP contribution in [0.15, 0.2) is 75.4 Å². The standard InChI is InChI=1S/C51H64Br2N4O5/c52-44-30-37(31-45(53)50(44)61)32-46(55-51(62)57-27-21-39(22-28-57)43-34-40-13-6-5-12-38(40)16-17-47(43)58)48(59)15-7-14-41(29-35-9-3-1-2-4-10-35)49(60)33-36-11-8-25-56(26-20-36)42-18-23-54-24-19-42/h5-6,12-13,18-19,23-24,30-31,34-36,39,41,46,61H,1-4,7-11,14-17,20-22,25-29,32-33H2,(H,55,62)/t36?,41-,46+/m0/s1. The Morgan fingerprint density at radius 1 is 0.806 bits per heavy atom. The summed E-state index contributed by atoms with van der Waals surface area (Å²) in [5, 5.41) is 13.5. The van der Waals surface area contributed by atoms with Crippen LogP contribution in [0.5, 0.6) is 5.75 Å². The molecule has 332 valence electrons. The van der Waals surface area contributed by atoms with E-state index in [1.54, 1.807) is 17.0 Å². The van der Waals surface area contributed by atoms with Crippen molar-refractivity contribution in [1.29, 1.82) is 0 Å². The smallest absolute Gasteiger partial charge is 0.317 e. The molecule has 1 saturated carbocycles. The van der Waals surface area contributed by atoms with Gasteiger partial charge in [-0.1, -0.05) is 62.8 Å². The highest BCUT2D eigenvalue weighted by molar-refractivity contribution is 9.11. The van der Waals surface area contributed by atoms with E-state index in [1.807, 2.05) is 24.5 Å². The number of phenolic OH excluding ortho intramolecular Hbond substituents is 1. The molecule has 3 fully saturated rings. The lowest BCUT2D eigenvalue weighted by molar-refractivity contribution is -0.125. The number of fused-ring (bicyclic) bond motifs is 1. The minimum Gasteiger partial charge on any atom is -0.506 e. The first kappa shape index (κ1) is 46.2. The summed E-state index contributed by atoms with van der Waals surface area (Å²) in [6.45, 7) is 2.92. The number of ketones is 3. The van der Waals surface area contributed by atoms with E-state index in [4.69, 9.17) is 0 Å². The molecule has 1 aromatic heterocycles. The van der Waals surface area contributed by atoms with Gasteiger partial charge >= 0.3 is 6.03 Å². The van der Waals surface area contributed by atoms with Crippen LogP contribution in [0.2, 0.25) is 0 Å². The molecule has 11 heteroatoms. The quantitative estimate of drug-likeness (QED) is 0.146. The maximum atomic E-state index is 14.3. The van der Waals surface area contributed by atoms with Crippen molar-refractivity contribution >= 4 is 67.0 Å². The molecule has 2 amide bonds. The van der Waals surface area contributed by atoms with Crippen LogP contribution in [-0.2, 0) is 27.2 Å². The number of benzene rings is 2. The second kappa shape index (κ2) is 22.7. The average molecular weight is 973 g/mol. The van der Waals surface area contributed by atoms with Gasteiger partial charge in [0.2, 0.25) is 0 Å². The third-order valence-electron chi connectivity index (χ3n) is 14.1. The second-order valence-electron chi connectivity index (χ2n) is 18.4. The van der Waals surface area contributed by atoms with Crippen molar-refractivity contribution in [3.8, 4) is 5.75 Å². The lowest BCUT2D eigenvalue weighted by atomic mass is 9.80. The number of hydrogen-bond donors (Lipinski definition) is 2. The summed E-state index contributed by atoms with van der Waals surface area (Å²) < 4.78 is 1.01. The molecule has 2 aliphatic carbocycles. The fourth-order valence-corrected chi connectivity index (χ4v) is 11.8. The van der Waals surface area contributed by atoms with E-state index in [2.05, 4.69) is 77.4 Å². The van der Waals surface area contributed by atoms with Crippen LogP contribution in [0.3, 0.4) is 0 Å². The van der Waals surface area contributed by atoms with Gasteiger partial charge in [0, 0.05) is 69.4 Å². The second-order valence-corrected chi connectivity index (χ2v) is 20.1. The summed E-state index contributed by atoms with van der Waals surface area (Å²) in [6, 6.07) is 14.9. The topological polar surface area (TPSA) is 120 Å². The molecule has 3 atom stereocenters. The van der Waals surface area contributed by atoms with Crippen LogP contribution >= 0.6 is 31.9 Å². The summed E-state index contributed by atoms with van der Waals surface area (Å²) in [5.74, 6) is 1.51. The van der Waals surface area contributed by atoms with Crippen molar-refractivity contribution in [2.75, 3.05) is 31.1 Å². The normalized spacial score (nSPS) is 20.3. The molecular formula is C51H64Br2N4O5. The van der Waals surface area contributed by atoms with Crippen LogP contribution in [0.25, 0.3) is 6.08 Å². The first-order valence-electron chi connectivity index (χ1n) is 23.4. The number of aromatic nitrogens is 1. The third-order valence-corrected chi connectivity index (χ3v) is 15.3. The van der Waals surface area contributed by atoms with Gasteiger partial charge in [0.25, 0.3) is 0 Å². The van der Waals surface area contributed by atoms with Crippen LogP contribution < -0.4 is 10.2 Å². The van der Waals surface area contributed by atoms with Gasteiger partial charge in [-0.25, -0.2) is 4.79 Å². The van der Waals surface area contributed by atoms with Gasteiger partial charge in [-0.05, 0) is 166 Å². The minimum atomic E-state index is -0.781. The Bertz CT molecular complexity index is 2020. The van der Waals surface area contributed by atoms with Crippen molar-refractivity contribution in [2.45, 2.75) is 128 Å². The highest BCUT2D eigenvalue weighted by Gasteiger charge is 2.32. The summed E-state index contributed by atoms with van der Waals surface area (Å²) in [4.78, 5) is 64.2. The number of phenols is 1. The number of carbonyl (C=O) groups is 4. The lowest BCUT2D eigenvalue weighted by Crippen LogP contribution is -2.51. The number of nitrogens with one attached hydrogen (secondary N) is 1. The van der Waals surface area contributed by atoms with E-state index in [-0.39, 0.29) is 48.0 Å². The number of pyridine rings is 1. The Morgan fingerprint density at radius 2 is 1.52 bits per heavy atom. The first-order valence-corrected chi connectivity index (χ1v) is 24.9. The molecule has 3 heterocycles. The molecule has 4 aliphatic rings. The molecule has 62 heavy (non-hydrogen) atoms. The van der Waals surface area contributed by atoms with E-state index in [0.717, 1.165) is 61.9 Å². The number of aromatic hydroxyl groups is 1. The van der Waals surface area contributed by atoms with Crippen LogP contribution in [0.4, 0.5) is 10.5 Å². The number of aryl methyl sites for hydroxylation is 1. The van der Waals surface area contributed by atoms with Gasteiger partial charge in [-0.2, -0.15) is 0 Å². The number of anilines is 1. The zero-order valence-electron chi connectivity index (χ0n) is 36.2. The predicted molar refractivity (Wildman–Crippen MR) is 253 cm³/mol. The molecule has 0 spiro atoms. The van der Waals surface area contributed by atoms with Crippen LogP contribution in [-0.4, -0.2) is 70.6 Å². The fraction of sp³-hybridized carbons (Fsp3) is 0.549. The molecule has 2 saturated heterocycles. The van der Waals surface area contributed by atoms with Crippen LogP contribution in [0.1, 0.15) is 126 Å². The molecule has 0 radical (unpaired) electrons. The largest absolute Gasteiger partial charge is 0.506 e. The summed E-state index contributed by atoms with van der Waals surface area (Å²) >= 11 is 6.88. The Kier molecular flexibility index (Phi) is 16.9. The zero-order chi connectivity index (χ0) is 43.4. The van der Waals surface area contributed by atoms with Gasteiger partial charge in [0.15, 0.2) is 11.6 Å². The number of hydrogen-bond acceptors (Lipinski definition) is 7. The molecular weight excluding hydrogens is 908 g/mol. The Labute approximate surface area is 385 Å². The highest BCUT2D eigenvalue weighted by atomic mass is 79.9. The Hall–Kier alpha value is -3.83. The summed E-state index contributed by atoms with van der Waals surface area (Å²) in [7, 11) is 0. The number of likely N-dealkylation sites (tertiary alicyclic amines) is 1. The highest BCUT2D eigenvalue weighted by Crippen LogP contribution is 2.36. The van der Waals surface area contributed by atoms with E-state index < -0.39 is 6.04 Å².